The Bertz CT molecular complexity index is 1400. The van der Waals surface area contributed by atoms with E-state index in [9.17, 15) is 53.1 Å². The van der Waals surface area contributed by atoms with Crippen LogP contribution in [0.2, 0.25) is 5.02 Å². The summed E-state index contributed by atoms with van der Waals surface area (Å²) in [5, 5.41) is 2.78. The summed E-state index contributed by atoms with van der Waals surface area (Å²) in [6.07, 6.45) is -21.3. The van der Waals surface area contributed by atoms with E-state index < -0.39 is 65.5 Å². The van der Waals surface area contributed by atoms with Gasteiger partial charge in [0.1, 0.15) is 17.1 Å². The smallest absolute Gasteiger partial charge is 0.428 e. The molecule has 0 saturated heterocycles. The number of nitrogens with zero attached hydrogens (tertiary/aromatic N) is 1. The molecule has 2 N–H and O–H groups in total. The topological polar surface area (TPSA) is 63.2 Å². The molecule has 43 heavy (non-hydrogen) atoms. The largest absolute Gasteiger partial charge is 0.461 e. The number of rotatable bonds is 9. The SMILES string of the molecule is CC(NC(=O)N[C@@](Cc1ccccc1)(c1cc(F)cc(OC(F)(F)C(F)F)c1)c1ccc(Cl)cn1)(C(F)(F)F)C(F)(F)F. The molecule has 1 atom stereocenters. The summed E-state index contributed by atoms with van der Waals surface area (Å²) in [6.45, 7) is -0.341. The Kier molecular flexibility index (Phi) is 9.44. The molecule has 0 bridgehead atoms. The number of aromatic nitrogens is 1. The number of carbonyl (C=O) groups excluding carboxylic acids is 1. The van der Waals surface area contributed by atoms with Crippen molar-refractivity contribution in [2.45, 2.75) is 49.3 Å². The maximum absolute atomic E-state index is 14.8. The zero-order valence-electron chi connectivity index (χ0n) is 21.4. The zero-order valence-corrected chi connectivity index (χ0v) is 22.2. The minimum absolute atomic E-state index is 0.0247. The molecule has 0 radical (unpaired) electrons. The average Bonchev–Trinajstić information content (AvgIpc) is 2.87. The molecule has 2 aromatic carbocycles. The number of hydrogen-bond donors (Lipinski definition) is 2. The fraction of sp³-hybridized carbons (Fsp3) is 0.308. The van der Waals surface area contributed by atoms with E-state index >= 15 is 0 Å². The summed E-state index contributed by atoms with van der Waals surface area (Å²) >= 11 is 5.87. The molecule has 234 valence electrons. The van der Waals surface area contributed by atoms with Gasteiger partial charge in [-0.25, -0.2) is 9.18 Å². The van der Waals surface area contributed by atoms with Crippen molar-refractivity contribution in [3.05, 3.63) is 94.5 Å². The maximum Gasteiger partial charge on any atom is 0.461 e. The third-order valence-electron chi connectivity index (χ3n) is 6.17. The molecular formula is C26H19ClF11N3O2. The van der Waals surface area contributed by atoms with Crippen LogP contribution in [0.3, 0.4) is 0 Å². The number of carbonyl (C=O) groups is 1. The lowest BCUT2D eigenvalue weighted by atomic mass is 9.80. The molecule has 0 unspecified atom stereocenters. The van der Waals surface area contributed by atoms with Gasteiger partial charge in [-0.1, -0.05) is 41.9 Å². The Morgan fingerprint density at radius 3 is 2.02 bits per heavy atom. The molecule has 1 aromatic heterocycles. The second-order valence-electron chi connectivity index (χ2n) is 9.27. The van der Waals surface area contributed by atoms with Crippen LogP contribution in [0, 0.1) is 5.82 Å². The lowest BCUT2D eigenvalue weighted by molar-refractivity contribution is -0.297. The highest BCUT2D eigenvalue weighted by molar-refractivity contribution is 6.30. The van der Waals surface area contributed by atoms with Crippen molar-refractivity contribution in [1.29, 1.82) is 0 Å². The van der Waals surface area contributed by atoms with Crippen LogP contribution in [-0.2, 0) is 12.0 Å². The van der Waals surface area contributed by atoms with Crippen LogP contribution in [0.5, 0.6) is 5.75 Å². The first kappa shape index (κ1) is 33.7. The van der Waals surface area contributed by atoms with Crippen molar-refractivity contribution in [3.63, 3.8) is 0 Å². The van der Waals surface area contributed by atoms with Crippen LogP contribution in [0.15, 0.2) is 66.9 Å². The second-order valence-corrected chi connectivity index (χ2v) is 9.71. The number of benzene rings is 2. The van der Waals surface area contributed by atoms with Crippen molar-refractivity contribution in [3.8, 4) is 5.75 Å². The van der Waals surface area contributed by atoms with E-state index in [0.717, 1.165) is 23.6 Å². The van der Waals surface area contributed by atoms with Crippen LogP contribution in [0.4, 0.5) is 53.1 Å². The summed E-state index contributed by atoms with van der Waals surface area (Å²) in [6, 6.07) is 8.77. The van der Waals surface area contributed by atoms with Gasteiger partial charge in [0.05, 0.1) is 10.7 Å². The van der Waals surface area contributed by atoms with Crippen molar-refractivity contribution in [2.75, 3.05) is 0 Å². The van der Waals surface area contributed by atoms with Gasteiger partial charge in [0, 0.05) is 18.7 Å². The van der Waals surface area contributed by atoms with Gasteiger partial charge >= 0.3 is 30.9 Å². The minimum Gasteiger partial charge on any atom is -0.428 e. The van der Waals surface area contributed by atoms with Crippen LogP contribution >= 0.6 is 11.6 Å². The van der Waals surface area contributed by atoms with Gasteiger partial charge < -0.3 is 15.4 Å². The fourth-order valence-electron chi connectivity index (χ4n) is 3.88. The van der Waals surface area contributed by atoms with Crippen LogP contribution < -0.4 is 15.4 Å². The Hall–Kier alpha value is -3.82. The lowest BCUT2D eigenvalue weighted by Gasteiger charge is -2.39. The number of alkyl halides is 10. The van der Waals surface area contributed by atoms with Gasteiger partial charge in [0.25, 0.3) is 0 Å². The Labute approximate surface area is 241 Å². The highest BCUT2D eigenvalue weighted by atomic mass is 35.5. The molecule has 3 rings (SSSR count). The van der Waals surface area contributed by atoms with Crippen LogP contribution in [0.1, 0.15) is 23.7 Å². The number of amides is 2. The van der Waals surface area contributed by atoms with E-state index in [1.807, 2.05) is 5.32 Å². The Morgan fingerprint density at radius 2 is 1.51 bits per heavy atom. The maximum atomic E-state index is 14.8. The predicted octanol–water partition coefficient (Wildman–Crippen LogP) is 7.78. The minimum atomic E-state index is -6.07. The molecule has 2 amide bonds. The molecular weight excluding hydrogens is 631 g/mol. The van der Waals surface area contributed by atoms with Gasteiger partial charge in [-0.2, -0.15) is 43.9 Å². The highest BCUT2D eigenvalue weighted by Crippen LogP contribution is 2.43. The van der Waals surface area contributed by atoms with Crippen molar-refractivity contribution < 1.29 is 57.8 Å². The van der Waals surface area contributed by atoms with Crippen molar-refractivity contribution in [1.82, 2.24) is 15.6 Å². The zero-order chi connectivity index (χ0) is 32.4. The first-order chi connectivity index (χ1) is 19.7. The predicted molar refractivity (Wildman–Crippen MR) is 130 cm³/mol. The van der Waals surface area contributed by atoms with Crippen LogP contribution in [0.25, 0.3) is 0 Å². The summed E-state index contributed by atoms with van der Waals surface area (Å²) < 4.78 is 153. The first-order valence-corrected chi connectivity index (χ1v) is 12.1. The van der Waals surface area contributed by atoms with E-state index in [2.05, 4.69) is 9.72 Å². The summed E-state index contributed by atoms with van der Waals surface area (Å²) in [5.41, 5.74) is -8.05. The number of nitrogens with one attached hydrogen (secondary N) is 2. The van der Waals surface area contributed by atoms with Crippen molar-refractivity contribution in [2.24, 2.45) is 0 Å². The lowest BCUT2D eigenvalue weighted by Crippen LogP contribution is -2.68. The standard InChI is InChI=1S/C26H19ClF11N3O2/c1-22(25(33,34)35,26(36,37)38)40-21(42)41-23(12-14-5-3-2-4-6-14,19-8-7-16(27)13-39-19)15-9-17(28)11-18(10-15)43-24(31,32)20(29)30/h2-11,13,20H,12H2,1H3,(H2,40,41,42)/t23-/m0/s1. The monoisotopic (exact) mass is 649 g/mol. The quantitative estimate of drug-likeness (QED) is 0.233. The molecule has 0 saturated carbocycles. The third-order valence-corrected chi connectivity index (χ3v) is 6.40. The molecule has 0 spiro atoms. The van der Waals surface area contributed by atoms with Gasteiger partial charge in [-0.15, -0.1) is 0 Å². The normalized spacial score (nSPS) is 14.3. The molecule has 0 aliphatic heterocycles. The molecule has 0 aliphatic rings. The highest BCUT2D eigenvalue weighted by Gasteiger charge is 2.69. The van der Waals surface area contributed by atoms with Gasteiger partial charge in [0.2, 0.25) is 5.54 Å². The van der Waals surface area contributed by atoms with Gasteiger partial charge in [0.15, 0.2) is 0 Å². The number of hydrogen-bond acceptors (Lipinski definition) is 3. The third kappa shape index (κ3) is 7.40. The number of ether oxygens (including phenoxy) is 1. The van der Waals surface area contributed by atoms with E-state index in [1.54, 1.807) is 0 Å². The van der Waals surface area contributed by atoms with Gasteiger partial charge in [-0.3, -0.25) is 4.98 Å². The molecule has 17 heteroatoms. The molecule has 5 nitrogen and oxygen atoms in total. The average molecular weight is 650 g/mol. The van der Waals surface area contributed by atoms with E-state index in [0.29, 0.717) is 12.1 Å². The summed E-state index contributed by atoms with van der Waals surface area (Å²) in [4.78, 5) is 17.0. The van der Waals surface area contributed by atoms with E-state index in [1.165, 1.54) is 30.3 Å². The molecule has 1 heterocycles. The first-order valence-electron chi connectivity index (χ1n) is 11.8. The van der Waals surface area contributed by atoms with E-state index in [-0.39, 0.29) is 29.3 Å². The summed E-state index contributed by atoms with van der Waals surface area (Å²) in [5.74, 6) is -2.63. The molecule has 0 aliphatic carbocycles. The van der Waals surface area contributed by atoms with Gasteiger partial charge in [-0.05, 0) is 42.3 Å². The number of pyridine rings is 1. The Balaban J connectivity index is 2.29. The molecule has 3 aromatic rings. The Morgan fingerprint density at radius 1 is 0.907 bits per heavy atom. The van der Waals surface area contributed by atoms with E-state index in [4.69, 9.17) is 11.6 Å². The number of urea groups is 1. The number of halogens is 12. The summed E-state index contributed by atoms with van der Waals surface area (Å²) in [7, 11) is 0. The fourth-order valence-corrected chi connectivity index (χ4v) is 3.99. The molecule has 0 fully saturated rings. The second kappa shape index (κ2) is 12.1. The van der Waals surface area contributed by atoms with Crippen molar-refractivity contribution >= 4 is 17.6 Å². The van der Waals surface area contributed by atoms with Crippen LogP contribution in [-0.4, -0.2) is 41.4 Å².